The van der Waals surface area contributed by atoms with Crippen molar-refractivity contribution in [1.29, 1.82) is 0 Å². The minimum atomic E-state index is -0.611. The van der Waals surface area contributed by atoms with Gasteiger partial charge in [0.2, 0.25) is 5.91 Å². The molecule has 0 bridgehead atoms. The normalized spacial score (nSPS) is 12.8. The monoisotopic (exact) mass is 430 g/mol. The minimum Gasteiger partial charge on any atom is -0.310 e. The molecule has 4 aromatic rings. The van der Waals surface area contributed by atoms with Crippen LogP contribution in [0.5, 0.6) is 0 Å². The molecule has 0 saturated heterocycles. The van der Waals surface area contributed by atoms with E-state index in [2.05, 4.69) is 4.98 Å². The minimum absolute atomic E-state index is 0.0504. The summed E-state index contributed by atoms with van der Waals surface area (Å²) in [5.74, 6) is -0.649. The lowest BCUT2D eigenvalue weighted by Crippen LogP contribution is -2.43. The highest BCUT2D eigenvalue weighted by molar-refractivity contribution is 5.95. The van der Waals surface area contributed by atoms with Crippen molar-refractivity contribution >= 4 is 22.6 Å². The lowest BCUT2D eigenvalue weighted by molar-refractivity contribution is -0.119. The van der Waals surface area contributed by atoms with Gasteiger partial charge in [0.25, 0.3) is 5.56 Å². The molecule has 1 amide bonds. The molecule has 5 rings (SSSR count). The Labute approximate surface area is 182 Å². The highest BCUT2D eigenvalue weighted by Crippen LogP contribution is 2.27. The van der Waals surface area contributed by atoms with E-state index in [4.69, 9.17) is 0 Å². The van der Waals surface area contributed by atoms with Crippen LogP contribution in [0.4, 0.5) is 10.1 Å². The first-order valence-electron chi connectivity index (χ1n) is 10.2. The van der Waals surface area contributed by atoms with Crippen LogP contribution in [0.1, 0.15) is 11.1 Å². The zero-order valence-corrected chi connectivity index (χ0v) is 17.1. The molecule has 0 radical (unpaired) electrons. The summed E-state index contributed by atoms with van der Waals surface area (Å²) in [7, 11) is 0. The molecule has 0 unspecified atom stereocenters. The number of benzene rings is 2. The van der Waals surface area contributed by atoms with Crippen LogP contribution in [-0.4, -0.2) is 26.6 Å². The molecule has 0 saturated carbocycles. The number of rotatable bonds is 4. The van der Waals surface area contributed by atoms with Gasteiger partial charge in [0, 0.05) is 18.4 Å². The molecule has 0 spiro atoms. The van der Waals surface area contributed by atoms with Gasteiger partial charge in [-0.05, 0) is 47.9 Å². The average Bonchev–Trinajstić information content (AvgIpc) is 3.25. The number of carbonyl (C=O) groups is 1. The number of nitrogens with zero attached hydrogens (tertiary/aromatic N) is 4. The predicted octanol–water partition coefficient (Wildman–Crippen LogP) is 2.33. The number of anilines is 1. The maximum Gasteiger partial charge on any atom is 0.332 e. The quantitative estimate of drug-likeness (QED) is 0.498. The van der Waals surface area contributed by atoms with Crippen LogP contribution in [-0.2, 0) is 24.3 Å². The van der Waals surface area contributed by atoms with E-state index in [9.17, 15) is 18.8 Å². The van der Waals surface area contributed by atoms with Crippen molar-refractivity contribution < 1.29 is 9.18 Å². The van der Waals surface area contributed by atoms with Crippen molar-refractivity contribution in [2.75, 3.05) is 11.4 Å². The molecule has 0 fully saturated rings. The maximum atomic E-state index is 13.3. The molecule has 0 N–H and O–H groups in total. The van der Waals surface area contributed by atoms with Gasteiger partial charge in [0.15, 0.2) is 5.52 Å². The zero-order valence-electron chi connectivity index (χ0n) is 17.1. The Kier molecular flexibility index (Phi) is 4.89. The van der Waals surface area contributed by atoms with E-state index in [0.717, 1.165) is 22.2 Å². The van der Waals surface area contributed by atoms with E-state index in [1.165, 1.54) is 35.0 Å². The van der Waals surface area contributed by atoms with Gasteiger partial charge in [-0.2, -0.15) is 0 Å². The van der Waals surface area contributed by atoms with Gasteiger partial charge in [-0.1, -0.05) is 30.3 Å². The molecule has 7 nitrogen and oxygen atoms in total. The van der Waals surface area contributed by atoms with Gasteiger partial charge in [0.1, 0.15) is 12.4 Å². The van der Waals surface area contributed by atoms with Gasteiger partial charge >= 0.3 is 5.69 Å². The fourth-order valence-electron chi connectivity index (χ4n) is 4.13. The summed E-state index contributed by atoms with van der Waals surface area (Å²) in [4.78, 5) is 45.3. The number of aromatic nitrogens is 3. The van der Waals surface area contributed by atoms with Gasteiger partial charge in [-0.3, -0.25) is 18.7 Å². The van der Waals surface area contributed by atoms with E-state index in [1.807, 2.05) is 24.3 Å². The Hall–Kier alpha value is -4.07. The Balaban J connectivity index is 1.58. The van der Waals surface area contributed by atoms with E-state index in [-0.39, 0.29) is 24.5 Å². The van der Waals surface area contributed by atoms with Crippen LogP contribution >= 0.6 is 0 Å². The van der Waals surface area contributed by atoms with Crippen molar-refractivity contribution in [1.82, 2.24) is 14.1 Å². The molecular weight excluding hydrogens is 411 g/mol. The standard InChI is InChI=1S/C24H19FN4O3/c25-18-9-7-16(8-10-18)14-29-23(31)22-20(6-3-12-26-22)28(24(29)32)15-21(30)27-13-11-17-4-1-2-5-19(17)27/h1-10,12H,11,13-15H2. The van der Waals surface area contributed by atoms with E-state index in [0.29, 0.717) is 17.6 Å². The molecular formula is C24H19FN4O3. The largest absolute Gasteiger partial charge is 0.332 e. The number of carbonyl (C=O) groups excluding carboxylic acids is 1. The number of pyridine rings is 1. The molecule has 0 aliphatic carbocycles. The molecule has 2 aromatic heterocycles. The van der Waals surface area contributed by atoms with Crippen LogP contribution in [0.25, 0.3) is 11.0 Å². The molecule has 1 aliphatic rings. The summed E-state index contributed by atoms with van der Waals surface area (Å²) in [5.41, 5.74) is 1.76. The summed E-state index contributed by atoms with van der Waals surface area (Å²) in [5, 5.41) is 0. The van der Waals surface area contributed by atoms with Crippen LogP contribution < -0.4 is 16.1 Å². The second-order valence-corrected chi connectivity index (χ2v) is 7.68. The molecule has 32 heavy (non-hydrogen) atoms. The number of halogens is 1. The lowest BCUT2D eigenvalue weighted by atomic mass is 10.2. The van der Waals surface area contributed by atoms with Crippen molar-refractivity contribution in [2.45, 2.75) is 19.5 Å². The predicted molar refractivity (Wildman–Crippen MR) is 118 cm³/mol. The molecule has 160 valence electrons. The summed E-state index contributed by atoms with van der Waals surface area (Å²) in [6.07, 6.45) is 2.22. The zero-order chi connectivity index (χ0) is 22.2. The first-order chi connectivity index (χ1) is 15.5. The molecule has 3 heterocycles. The van der Waals surface area contributed by atoms with Crippen LogP contribution in [0.15, 0.2) is 76.4 Å². The highest BCUT2D eigenvalue weighted by atomic mass is 19.1. The van der Waals surface area contributed by atoms with Crippen LogP contribution in [0.3, 0.4) is 0 Å². The summed E-state index contributed by atoms with van der Waals surface area (Å²) < 4.78 is 15.6. The third-order valence-corrected chi connectivity index (χ3v) is 5.72. The van der Waals surface area contributed by atoms with Gasteiger partial charge in [-0.25, -0.2) is 14.2 Å². The Morgan fingerprint density at radius 2 is 1.75 bits per heavy atom. The van der Waals surface area contributed by atoms with E-state index >= 15 is 0 Å². The Morgan fingerprint density at radius 3 is 2.56 bits per heavy atom. The first-order valence-corrected chi connectivity index (χ1v) is 10.2. The smallest absolute Gasteiger partial charge is 0.310 e. The van der Waals surface area contributed by atoms with Crippen molar-refractivity contribution in [3.63, 3.8) is 0 Å². The van der Waals surface area contributed by atoms with Gasteiger partial charge < -0.3 is 4.90 Å². The Morgan fingerprint density at radius 1 is 0.969 bits per heavy atom. The van der Waals surface area contributed by atoms with Crippen molar-refractivity contribution in [2.24, 2.45) is 0 Å². The summed E-state index contributed by atoms with van der Waals surface area (Å²) >= 11 is 0. The summed E-state index contributed by atoms with van der Waals surface area (Å²) in [6, 6.07) is 16.5. The van der Waals surface area contributed by atoms with E-state index < -0.39 is 17.1 Å². The number of hydrogen-bond acceptors (Lipinski definition) is 4. The fourth-order valence-corrected chi connectivity index (χ4v) is 4.13. The maximum absolute atomic E-state index is 13.3. The summed E-state index contributed by atoms with van der Waals surface area (Å²) in [6.45, 7) is 0.266. The number of hydrogen-bond donors (Lipinski definition) is 0. The molecule has 0 atom stereocenters. The first kappa shape index (κ1) is 19.9. The molecule has 2 aromatic carbocycles. The highest BCUT2D eigenvalue weighted by Gasteiger charge is 2.25. The number of amides is 1. The second-order valence-electron chi connectivity index (χ2n) is 7.68. The van der Waals surface area contributed by atoms with Crippen LogP contribution in [0, 0.1) is 5.82 Å². The fraction of sp³-hybridized carbons (Fsp3) is 0.167. The molecule has 8 heteroatoms. The third kappa shape index (κ3) is 3.39. The lowest BCUT2D eigenvalue weighted by Gasteiger charge is -2.19. The van der Waals surface area contributed by atoms with Crippen molar-refractivity contribution in [3.05, 3.63) is 105 Å². The van der Waals surface area contributed by atoms with Gasteiger partial charge in [0.05, 0.1) is 12.1 Å². The van der Waals surface area contributed by atoms with Crippen molar-refractivity contribution in [3.8, 4) is 0 Å². The van der Waals surface area contributed by atoms with Crippen LogP contribution in [0.2, 0.25) is 0 Å². The number of fused-ring (bicyclic) bond motifs is 2. The van der Waals surface area contributed by atoms with Gasteiger partial charge in [-0.15, -0.1) is 0 Å². The number of para-hydroxylation sites is 1. The second kappa shape index (κ2) is 7.88. The Bertz CT molecular complexity index is 1460. The topological polar surface area (TPSA) is 77.2 Å². The molecule has 1 aliphatic heterocycles. The SMILES string of the molecule is O=C(Cn1c(=O)n(Cc2ccc(F)cc2)c(=O)c2ncccc21)N1CCc2ccccc21. The third-order valence-electron chi connectivity index (χ3n) is 5.72. The average molecular weight is 430 g/mol. The van der Waals surface area contributed by atoms with E-state index in [1.54, 1.807) is 17.0 Å².